The quantitative estimate of drug-likeness (QED) is 0.336. The molecule has 4 aliphatic rings. The highest BCUT2D eigenvalue weighted by Crippen LogP contribution is 2.51. The van der Waals surface area contributed by atoms with E-state index in [0.29, 0.717) is 63.6 Å². The first-order valence-corrected chi connectivity index (χ1v) is 13.9. The van der Waals surface area contributed by atoms with Crippen LogP contribution in [0.25, 0.3) is 0 Å². The number of carbonyl (C=O) groups excluding carboxylic acids is 1. The van der Waals surface area contributed by atoms with Crippen LogP contribution in [0, 0.1) is 11.3 Å². The van der Waals surface area contributed by atoms with Crippen molar-refractivity contribution in [2.24, 2.45) is 11.3 Å². The summed E-state index contributed by atoms with van der Waals surface area (Å²) in [7, 11) is 3.21. The number of pyridine rings is 1. The van der Waals surface area contributed by atoms with E-state index < -0.39 is 23.6 Å². The summed E-state index contributed by atoms with van der Waals surface area (Å²) in [6, 6.07) is 1.27. The normalized spacial score (nSPS) is 31.7. The van der Waals surface area contributed by atoms with Crippen molar-refractivity contribution in [1.82, 2.24) is 20.1 Å². The molecule has 1 aromatic rings. The standard InChI is InChI=1S/C27H39F3N4O6/c1-37-7-8-40-25(36)34-14-19-10-20(32-22-4-6-39-15-23(22)38-2)11-26(19,16-34)24(35)33-5-3-21-17(13-33)9-18(12-31-21)27(28,29)30/h9,12,19-20,22-23,25,32,36H,3-8,10-11,13-16H2,1-2H3. The predicted molar refractivity (Wildman–Crippen MR) is 136 cm³/mol. The van der Waals surface area contributed by atoms with Gasteiger partial charge in [0.05, 0.1) is 36.9 Å². The van der Waals surface area contributed by atoms with Crippen molar-refractivity contribution in [3.8, 4) is 0 Å². The second-order valence-electron chi connectivity index (χ2n) is 11.3. The zero-order valence-corrected chi connectivity index (χ0v) is 23.0. The molecule has 3 aliphatic heterocycles. The molecule has 1 amide bonds. The monoisotopic (exact) mass is 572 g/mol. The van der Waals surface area contributed by atoms with Crippen molar-refractivity contribution in [3.05, 3.63) is 29.1 Å². The first-order valence-electron chi connectivity index (χ1n) is 13.9. The molecule has 6 unspecified atom stereocenters. The molecule has 13 heteroatoms. The number of aromatic nitrogens is 1. The minimum atomic E-state index is -4.50. The Labute approximate surface area is 232 Å². The van der Waals surface area contributed by atoms with Gasteiger partial charge in [-0.2, -0.15) is 13.2 Å². The number of nitrogens with one attached hydrogen (secondary N) is 1. The fourth-order valence-corrected chi connectivity index (χ4v) is 6.89. The number of amides is 1. The number of methoxy groups -OCH3 is 2. The Bertz CT molecular complexity index is 1050. The molecule has 2 saturated heterocycles. The Kier molecular flexibility index (Phi) is 9.00. The Morgan fingerprint density at radius 2 is 2.17 bits per heavy atom. The number of alkyl halides is 3. The van der Waals surface area contributed by atoms with Gasteiger partial charge < -0.3 is 34.3 Å². The largest absolute Gasteiger partial charge is 0.417 e. The van der Waals surface area contributed by atoms with E-state index in [9.17, 15) is 23.1 Å². The lowest BCUT2D eigenvalue weighted by atomic mass is 9.78. The topological polar surface area (TPSA) is 106 Å². The molecule has 10 nitrogen and oxygen atoms in total. The minimum absolute atomic E-state index is 0.0546. The first-order chi connectivity index (χ1) is 19.1. The van der Waals surface area contributed by atoms with Crippen molar-refractivity contribution < 1.29 is 42.0 Å². The number of fused-ring (bicyclic) bond motifs is 2. The molecular formula is C27H39F3N4O6. The van der Waals surface area contributed by atoms with Crippen molar-refractivity contribution >= 4 is 5.91 Å². The molecule has 3 fully saturated rings. The second kappa shape index (κ2) is 12.2. The Morgan fingerprint density at radius 1 is 1.35 bits per heavy atom. The SMILES string of the molecule is COCCOC(O)N1CC2CC(NC3CCOCC3OC)CC2(C(=O)N2CCc3ncc(C(F)(F)F)cc3C2)C1. The summed E-state index contributed by atoms with van der Waals surface area (Å²) in [5.74, 6) is -0.147. The number of aliphatic hydroxyl groups is 1. The summed E-state index contributed by atoms with van der Waals surface area (Å²) < 4.78 is 61.8. The maximum absolute atomic E-state index is 14.3. The fourth-order valence-electron chi connectivity index (χ4n) is 6.89. The van der Waals surface area contributed by atoms with E-state index in [1.807, 2.05) is 0 Å². The molecule has 1 aromatic heterocycles. The molecule has 0 radical (unpaired) electrons. The maximum Gasteiger partial charge on any atom is 0.417 e. The van der Waals surface area contributed by atoms with Gasteiger partial charge in [0.25, 0.3) is 0 Å². The third-order valence-electron chi connectivity index (χ3n) is 8.90. The van der Waals surface area contributed by atoms with Gasteiger partial charge in [-0.1, -0.05) is 0 Å². The van der Waals surface area contributed by atoms with Gasteiger partial charge in [0.1, 0.15) is 0 Å². The Balaban J connectivity index is 1.35. The summed E-state index contributed by atoms with van der Waals surface area (Å²) in [6.07, 6.45) is -2.42. The first kappa shape index (κ1) is 29.6. The molecule has 5 rings (SSSR count). The molecule has 1 aliphatic carbocycles. The van der Waals surface area contributed by atoms with Gasteiger partial charge in [0.2, 0.25) is 12.3 Å². The lowest BCUT2D eigenvalue weighted by Crippen LogP contribution is -2.52. The van der Waals surface area contributed by atoms with E-state index in [1.54, 1.807) is 24.0 Å². The molecule has 40 heavy (non-hydrogen) atoms. The second-order valence-corrected chi connectivity index (χ2v) is 11.3. The molecule has 4 heterocycles. The minimum Gasteiger partial charge on any atom is -0.382 e. The third kappa shape index (κ3) is 6.01. The van der Waals surface area contributed by atoms with Gasteiger partial charge in [-0.3, -0.25) is 14.7 Å². The number of halogens is 3. The number of nitrogens with zero attached hydrogens (tertiary/aromatic N) is 3. The van der Waals surface area contributed by atoms with Crippen LogP contribution in [0.4, 0.5) is 13.2 Å². The van der Waals surface area contributed by atoms with Gasteiger partial charge in [-0.15, -0.1) is 0 Å². The molecule has 224 valence electrons. The highest BCUT2D eigenvalue weighted by Gasteiger charge is 2.60. The summed E-state index contributed by atoms with van der Waals surface area (Å²) in [5, 5.41) is 14.4. The molecule has 6 atom stereocenters. The van der Waals surface area contributed by atoms with Gasteiger partial charge >= 0.3 is 6.18 Å². The van der Waals surface area contributed by atoms with Gasteiger partial charge in [0.15, 0.2) is 0 Å². The van der Waals surface area contributed by atoms with Crippen molar-refractivity contribution in [1.29, 1.82) is 0 Å². The summed E-state index contributed by atoms with van der Waals surface area (Å²) in [4.78, 5) is 21.8. The Morgan fingerprint density at radius 3 is 2.92 bits per heavy atom. The van der Waals surface area contributed by atoms with Crippen LogP contribution in [0.2, 0.25) is 0 Å². The van der Waals surface area contributed by atoms with E-state index in [1.165, 1.54) is 0 Å². The van der Waals surface area contributed by atoms with Gasteiger partial charge in [0, 0.05) is 77.4 Å². The Hall–Kier alpha value is -1.87. The lowest BCUT2D eigenvalue weighted by molar-refractivity contribution is -0.195. The fraction of sp³-hybridized carbons (Fsp3) is 0.778. The summed E-state index contributed by atoms with van der Waals surface area (Å²) in [6.45, 7) is 2.93. The van der Waals surface area contributed by atoms with Crippen LogP contribution in [0.3, 0.4) is 0 Å². The average molecular weight is 573 g/mol. The van der Waals surface area contributed by atoms with Crippen LogP contribution < -0.4 is 5.32 Å². The number of hydrogen-bond acceptors (Lipinski definition) is 9. The molecular weight excluding hydrogens is 533 g/mol. The lowest BCUT2D eigenvalue weighted by Gasteiger charge is -2.38. The zero-order chi connectivity index (χ0) is 28.5. The van der Waals surface area contributed by atoms with E-state index in [0.717, 1.165) is 25.1 Å². The van der Waals surface area contributed by atoms with Gasteiger partial charge in [-0.05, 0) is 36.8 Å². The molecule has 0 spiro atoms. The smallest absolute Gasteiger partial charge is 0.382 e. The molecule has 1 saturated carbocycles. The van der Waals surface area contributed by atoms with Crippen molar-refractivity contribution in [3.63, 3.8) is 0 Å². The zero-order valence-electron chi connectivity index (χ0n) is 23.0. The molecule has 2 N–H and O–H groups in total. The highest BCUT2D eigenvalue weighted by atomic mass is 19.4. The molecule has 0 aromatic carbocycles. The number of aliphatic hydroxyl groups excluding tert-OH is 1. The van der Waals surface area contributed by atoms with Crippen molar-refractivity contribution in [2.45, 2.75) is 63.0 Å². The van der Waals surface area contributed by atoms with Crippen LogP contribution in [0.5, 0.6) is 0 Å². The number of likely N-dealkylation sites (tertiary alicyclic amines) is 1. The van der Waals surface area contributed by atoms with Crippen molar-refractivity contribution in [2.75, 3.05) is 60.3 Å². The summed E-state index contributed by atoms with van der Waals surface area (Å²) in [5.41, 5.74) is -0.590. The molecule has 0 bridgehead atoms. The number of ether oxygens (including phenoxy) is 4. The van der Waals surface area contributed by atoms with E-state index in [2.05, 4.69) is 10.3 Å². The summed E-state index contributed by atoms with van der Waals surface area (Å²) >= 11 is 0. The average Bonchev–Trinajstić information content (AvgIpc) is 3.47. The van der Waals surface area contributed by atoms with E-state index in [4.69, 9.17) is 18.9 Å². The maximum atomic E-state index is 14.3. The van der Waals surface area contributed by atoms with Crippen LogP contribution in [-0.2, 0) is 42.9 Å². The third-order valence-corrected chi connectivity index (χ3v) is 8.90. The van der Waals surface area contributed by atoms with Crippen LogP contribution in [0.1, 0.15) is 36.1 Å². The van der Waals surface area contributed by atoms with Crippen LogP contribution >= 0.6 is 0 Å². The van der Waals surface area contributed by atoms with E-state index in [-0.39, 0.29) is 43.2 Å². The number of carbonyl (C=O) groups is 1. The number of hydrogen-bond donors (Lipinski definition) is 2. The van der Waals surface area contributed by atoms with Crippen LogP contribution in [-0.4, -0.2) is 111 Å². The number of rotatable bonds is 9. The van der Waals surface area contributed by atoms with Gasteiger partial charge in [-0.25, -0.2) is 0 Å². The van der Waals surface area contributed by atoms with E-state index >= 15 is 0 Å². The highest BCUT2D eigenvalue weighted by molar-refractivity contribution is 5.84. The predicted octanol–water partition coefficient (Wildman–Crippen LogP) is 1.40. The van der Waals surface area contributed by atoms with Crippen LogP contribution in [0.15, 0.2) is 12.3 Å².